The van der Waals surface area contributed by atoms with Gasteiger partial charge in [-0.15, -0.1) is 11.6 Å². The minimum absolute atomic E-state index is 0.434. The number of nitriles is 1. The van der Waals surface area contributed by atoms with E-state index in [9.17, 15) is 0 Å². The molecule has 0 N–H and O–H groups in total. The lowest BCUT2D eigenvalue weighted by Crippen LogP contribution is -2.16. The Bertz CT molecular complexity index is 157. The van der Waals surface area contributed by atoms with Crippen LogP contribution in [-0.4, -0.2) is 4.87 Å². The van der Waals surface area contributed by atoms with Gasteiger partial charge in [0.1, 0.15) is 4.87 Å². The zero-order valence-corrected chi connectivity index (χ0v) is 6.44. The monoisotopic (exact) mass is 143 g/mol. The van der Waals surface area contributed by atoms with Crippen LogP contribution >= 0.6 is 11.6 Å². The Morgan fingerprint density at radius 3 is 2.33 bits per heavy atom. The highest BCUT2D eigenvalue weighted by Gasteiger charge is 2.46. The molecule has 50 valence electrons. The quantitative estimate of drug-likeness (QED) is 0.516. The van der Waals surface area contributed by atoms with Crippen LogP contribution in [0.1, 0.15) is 20.3 Å². The van der Waals surface area contributed by atoms with Crippen LogP contribution in [0.3, 0.4) is 0 Å². The molecule has 0 amide bonds. The van der Waals surface area contributed by atoms with Gasteiger partial charge in [0.05, 0.1) is 6.07 Å². The van der Waals surface area contributed by atoms with E-state index in [-0.39, 0.29) is 0 Å². The van der Waals surface area contributed by atoms with E-state index in [1.807, 2.05) is 0 Å². The first-order valence-electron chi connectivity index (χ1n) is 3.18. The number of rotatable bonds is 1. The van der Waals surface area contributed by atoms with E-state index in [1.165, 1.54) is 0 Å². The summed E-state index contributed by atoms with van der Waals surface area (Å²) in [6.45, 7) is 3.92. The fourth-order valence-corrected chi connectivity index (χ4v) is 1.46. The van der Waals surface area contributed by atoms with Gasteiger partial charge in [0.2, 0.25) is 0 Å². The molecule has 0 saturated heterocycles. The van der Waals surface area contributed by atoms with E-state index in [0.717, 1.165) is 6.42 Å². The first-order chi connectivity index (χ1) is 4.08. The average Bonchev–Trinajstić information content (AvgIpc) is 2.47. The second kappa shape index (κ2) is 1.88. The molecule has 0 heterocycles. The lowest BCUT2D eigenvalue weighted by Gasteiger charge is -2.09. The molecule has 0 spiro atoms. The molecule has 1 aliphatic carbocycles. The van der Waals surface area contributed by atoms with E-state index in [0.29, 0.717) is 11.8 Å². The minimum atomic E-state index is -0.598. The third kappa shape index (κ3) is 1.19. The van der Waals surface area contributed by atoms with Crippen molar-refractivity contribution in [2.45, 2.75) is 25.1 Å². The standard InChI is InChI=1S/C7H10ClN/c1-5-3-6(5)7(2,8)4-9/h5-6H,3H2,1-2H3. The Morgan fingerprint density at radius 2 is 2.22 bits per heavy atom. The van der Waals surface area contributed by atoms with Crippen molar-refractivity contribution in [3.05, 3.63) is 0 Å². The third-order valence-electron chi connectivity index (χ3n) is 2.02. The van der Waals surface area contributed by atoms with E-state index in [1.54, 1.807) is 6.92 Å². The number of hydrogen-bond donors (Lipinski definition) is 0. The van der Waals surface area contributed by atoms with E-state index in [2.05, 4.69) is 13.0 Å². The van der Waals surface area contributed by atoms with Crippen molar-refractivity contribution in [2.24, 2.45) is 11.8 Å². The molecule has 2 heteroatoms. The smallest absolute Gasteiger partial charge is 0.131 e. The van der Waals surface area contributed by atoms with Crippen molar-refractivity contribution in [3.8, 4) is 6.07 Å². The molecule has 9 heavy (non-hydrogen) atoms. The van der Waals surface area contributed by atoms with E-state index >= 15 is 0 Å². The predicted octanol–water partition coefficient (Wildman–Crippen LogP) is 2.16. The van der Waals surface area contributed by atoms with Crippen molar-refractivity contribution in [1.82, 2.24) is 0 Å². The summed E-state index contributed by atoms with van der Waals surface area (Å²) in [7, 11) is 0. The molecule has 1 saturated carbocycles. The fourth-order valence-electron chi connectivity index (χ4n) is 1.16. The molecule has 0 aliphatic heterocycles. The van der Waals surface area contributed by atoms with Gasteiger partial charge < -0.3 is 0 Å². The maximum Gasteiger partial charge on any atom is 0.131 e. The van der Waals surface area contributed by atoms with Crippen LogP contribution < -0.4 is 0 Å². The molecule has 1 rings (SSSR count). The van der Waals surface area contributed by atoms with Gasteiger partial charge in [-0.25, -0.2) is 0 Å². The molecule has 0 aromatic heterocycles. The van der Waals surface area contributed by atoms with Crippen molar-refractivity contribution >= 4 is 11.6 Å². The van der Waals surface area contributed by atoms with Crippen molar-refractivity contribution < 1.29 is 0 Å². The summed E-state index contributed by atoms with van der Waals surface area (Å²) in [5.74, 6) is 1.09. The van der Waals surface area contributed by atoms with Crippen LogP contribution in [0.2, 0.25) is 0 Å². The fraction of sp³-hybridized carbons (Fsp3) is 0.857. The van der Waals surface area contributed by atoms with E-state index < -0.39 is 4.87 Å². The normalized spacial score (nSPS) is 38.9. The number of halogens is 1. The van der Waals surface area contributed by atoms with Gasteiger partial charge >= 0.3 is 0 Å². The summed E-state index contributed by atoms with van der Waals surface area (Å²) < 4.78 is 0. The molecule has 1 aliphatic rings. The molecule has 0 bridgehead atoms. The average molecular weight is 144 g/mol. The zero-order valence-electron chi connectivity index (χ0n) is 5.69. The van der Waals surface area contributed by atoms with Crippen molar-refractivity contribution in [2.75, 3.05) is 0 Å². The van der Waals surface area contributed by atoms with Gasteiger partial charge in [0, 0.05) is 0 Å². The molecule has 3 unspecified atom stereocenters. The largest absolute Gasteiger partial charge is 0.196 e. The molecular formula is C7H10ClN. The highest BCUT2D eigenvalue weighted by molar-refractivity contribution is 6.26. The Balaban J connectivity index is 2.54. The Morgan fingerprint density at radius 1 is 1.78 bits per heavy atom. The summed E-state index contributed by atoms with van der Waals surface area (Å²) in [5.41, 5.74) is 0. The molecule has 1 fully saturated rings. The van der Waals surface area contributed by atoms with Gasteiger partial charge in [0.25, 0.3) is 0 Å². The van der Waals surface area contributed by atoms with Crippen LogP contribution in [-0.2, 0) is 0 Å². The number of alkyl halides is 1. The van der Waals surface area contributed by atoms with Crippen LogP contribution in [0.15, 0.2) is 0 Å². The molecule has 3 atom stereocenters. The van der Waals surface area contributed by atoms with Gasteiger partial charge in [-0.2, -0.15) is 5.26 Å². The second-order valence-corrected chi connectivity index (χ2v) is 3.79. The third-order valence-corrected chi connectivity index (χ3v) is 2.39. The highest BCUT2D eigenvalue weighted by Crippen LogP contribution is 2.48. The summed E-state index contributed by atoms with van der Waals surface area (Å²) in [5, 5.41) is 8.54. The number of nitrogens with zero attached hydrogens (tertiary/aromatic N) is 1. The lowest BCUT2D eigenvalue weighted by molar-refractivity contribution is 0.634. The van der Waals surface area contributed by atoms with Crippen LogP contribution in [0.5, 0.6) is 0 Å². The summed E-state index contributed by atoms with van der Waals surface area (Å²) in [4.78, 5) is -0.598. The first-order valence-corrected chi connectivity index (χ1v) is 3.56. The Labute approximate surface area is 60.6 Å². The summed E-state index contributed by atoms with van der Waals surface area (Å²) in [6.07, 6.45) is 1.12. The van der Waals surface area contributed by atoms with Crippen LogP contribution in [0, 0.1) is 23.2 Å². The summed E-state index contributed by atoms with van der Waals surface area (Å²) in [6, 6.07) is 2.10. The van der Waals surface area contributed by atoms with Crippen LogP contribution in [0.25, 0.3) is 0 Å². The first kappa shape index (κ1) is 6.89. The van der Waals surface area contributed by atoms with Crippen LogP contribution in [0.4, 0.5) is 0 Å². The maximum absolute atomic E-state index is 8.54. The SMILES string of the molecule is CC1CC1C(C)(Cl)C#N. The predicted molar refractivity (Wildman–Crippen MR) is 37.1 cm³/mol. The Kier molecular flexibility index (Phi) is 1.44. The van der Waals surface area contributed by atoms with Gasteiger partial charge in [-0.05, 0) is 25.2 Å². The highest BCUT2D eigenvalue weighted by atomic mass is 35.5. The Hall–Kier alpha value is -0.220. The van der Waals surface area contributed by atoms with Gasteiger partial charge in [0.15, 0.2) is 0 Å². The molecule has 0 aromatic carbocycles. The maximum atomic E-state index is 8.54. The minimum Gasteiger partial charge on any atom is -0.196 e. The topological polar surface area (TPSA) is 23.8 Å². The summed E-state index contributed by atoms with van der Waals surface area (Å²) >= 11 is 5.85. The van der Waals surface area contributed by atoms with Gasteiger partial charge in [-0.1, -0.05) is 6.92 Å². The number of hydrogen-bond acceptors (Lipinski definition) is 1. The molecular weight excluding hydrogens is 134 g/mol. The molecule has 0 aromatic rings. The molecule has 1 nitrogen and oxygen atoms in total. The van der Waals surface area contributed by atoms with Crippen molar-refractivity contribution in [1.29, 1.82) is 5.26 Å². The lowest BCUT2D eigenvalue weighted by atomic mass is 10.1. The van der Waals surface area contributed by atoms with Gasteiger partial charge in [-0.3, -0.25) is 0 Å². The second-order valence-electron chi connectivity index (χ2n) is 3.01. The zero-order chi connectivity index (χ0) is 7.07. The van der Waals surface area contributed by atoms with Crippen molar-refractivity contribution in [3.63, 3.8) is 0 Å². The van der Waals surface area contributed by atoms with E-state index in [4.69, 9.17) is 16.9 Å². The molecule has 0 radical (unpaired) electrons.